The minimum Gasteiger partial charge on any atom is -0.451 e. The smallest absolute Gasteiger partial charge is 0.291 e. The number of nitrogens with one attached hydrogen (secondary N) is 1. The molecule has 0 atom stereocenters. The molecule has 1 N–H and O–H groups in total. The Labute approximate surface area is 163 Å². The summed E-state index contributed by atoms with van der Waals surface area (Å²) in [5.74, 6) is -0.423. The monoisotopic (exact) mass is 377 g/mol. The van der Waals surface area contributed by atoms with Crippen molar-refractivity contribution in [1.29, 1.82) is 0 Å². The first-order valence-electron chi connectivity index (χ1n) is 9.42. The lowest BCUT2D eigenvalue weighted by molar-refractivity contribution is 0.0997. The fourth-order valence-electron chi connectivity index (χ4n) is 3.42. The van der Waals surface area contributed by atoms with Gasteiger partial charge >= 0.3 is 0 Å². The number of likely N-dealkylation sites (N-methyl/N-ethyl adjacent to an activating group) is 1. The van der Waals surface area contributed by atoms with Crippen LogP contribution in [0, 0.1) is 0 Å². The van der Waals surface area contributed by atoms with Crippen LogP contribution in [-0.4, -0.2) is 48.9 Å². The molecule has 6 heteroatoms. The van der Waals surface area contributed by atoms with Crippen molar-refractivity contribution in [3.05, 3.63) is 76.1 Å². The maximum atomic E-state index is 12.6. The molecule has 1 aromatic heterocycles. The molecular weight excluding hydrogens is 354 g/mol. The molecule has 28 heavy (non-hydrogen) atoms. The number of carbonyl (C=O) groups is 1. The molecule has 4 rings (SSSR count). The van der Waals surface area contributed by atoms with Crippen molar-refractivity contribution in [2.24, 2.45) is 0 Å². The molecule has 0 bridgehead atoms. The van der Waals surface area contributed by atoms with Gasteiger partial charge in [0.05, 0.1) is 5.39 Å². The highest BCUT2D eigenvalue weighted by atomic mass is 16.3. The number of para-hydroxylation sites is 1. The Morgan fingerprint density at radius 1 is 1.04 bits per heavy atom. The number of fused-ring (bicyclic) bond motifs is 1. The second-order valence-electron chi connectivity index (χ2n) is 7.20. The Balaban J connectivity index is 1.48. The van der Waals surface area contributed by atoms with Gasteiger partial charge in [-0.2, -0.15) is 0 Å². The van der Waals surface area contributed by atoms with Gasteiger partial charge in [-0.05, 0) is 36.9 Å². The van der Waals surface area contributed by atoms with E-state index in [1.165, 1.54) is 6.07 Å². The zero-order chi connectivity index (χ0) is 19.5. The Morgan fingerprint density at radius 2 is 1.82 bits per heavy atom. The summed E-state index contributed by atoms with van der Waals surface area (Å²) >= 11 is 0. The molecule has 0 unspecified atom stereocenters. The fraction of sp³-hybridized carbons (Fsp3) is 0.273. The second kappa shape index (κ2) is 7.96. The predicted molar refractivity (Wildman–Crippen MR) is 110 cm³/mol. The highest BCUT2D eigenvalue weighted by Crippen LogP contribution is 2.16. The molecule has 1 saturated heterocycles. The third kappa shape index (κ3) is 4.13. The largest absolute Gasteiger partial charge is 0.451 e. The van der Waals surface area contributed by atoms with Gasteiger partial charge in [-0.25, -0.2) is 0 Å². The van der Waals surface area contributed by atoms with E-state index < -0.39 is 5.91 Å². The number of rotatable bonds is 4. The highest BCUT2D eigenvalue weighted by molar-refractivity contribution is 6.03. The summed E-state index contributed by atoms with van der Waals surface area (Å²) < 4.78 is 5.61. The van der Waals surface area contributed by atoms with Crippen molar-refractivity contribution in [2.45, 2.75) is 6.54 Å². The van der Waals surface area contributed by atoms with Gasteiger partial charge in [0, 0.05) is 44.5 Å². The maximum Gasteiger partial charge on any atom is 0.291 e. The Kier molecular flexibility index (Phi) is 5.23. The van der Waals surface area contributed by atoms with Crippen molar-refractivity contribution in [3.63, 3.8) is 0 Å². The Morgan fingerprint density at radius 3 is 2.64 bits per heavy atom. The maximum absolute atomic E-state index is 12.6. The molecule has 6 nitrogen and oxygen atoms in total. The number of nitrogens with zero attached hydrogens (tertiary/aromatic N) is 2. The fourth-order valence-corrected chi connectivity index (χ4v) is 3.42. The summed E-state index contributed by atoms with van der Waals surface area (Å²) in [7, 11) is 2.14. The number of anilines is 1. The van der Waals surface area contributed by atoms with E-state index in [1.807, 2.05) is 18.2 Å². The van der Waals surface area contributed by atoms with Gasteiger partial charge in [0.2, 0.25) is 0 Å². The molecule has 2 heterocycles. The Bertz CT molecular complexity index is 1050. The van der Waals surface area contributed by atoms with E-state index in [4.69, 9.17) is 4.42 Å². The number of carbonyl (C=O) groups excluding carboxylic acids is 1. The van der Waals surface area contributed by atoms with Gasteiger partial charge in [0.25, 0.3) is 5.91 Å². The topological polar surface area (TPSA) is 65.8 Å². The van der Waals surface area contributed by atoms with Crippen LogP contribution < -0.4 is 10.7 Å². The van der Waals surface area contributed by atoms with Crippen LogP contribution in [0.4, 0.5) is 5.69 Å². The van der Waals surface area contributed by atoms with Crippen LogP contribution in [0.1, 0.15) is 16.1 Å². The van der Waals surface area contributed by atoms with Crippen LogP contribution in [-0.2, 0) is 6.54 Å². The SMILES string of the molecule is CN1CCN(Cc2cccc(NC(=O)c3cc(=O)c4ccccc4o3)c2)CC1. The predicted octanol–water partition coefficient (Wildman–Crippen LogP) is 2.79. The highest BCUT2D eigenvalue weighted by Gasteiger charge is 2.15. The lowest BCUT2D eigenvalue weighted by Crippen LogP contribution is -2.43. The molecule has 0 spiro atoms. The van der Waals surface area contributed by atoms with Gasteiger partial charge in [-0.1, -0.05) is 24.3 Å². The first-order valence-corrected chi connectivity index (χ1v) is 9.42. The number of amides is 1. The molecule has 0 saturated carbocycles. The number of hydrogen-bond acceptors (Lipinski definition) is 5. The number of hydrogen-bond donors (Lipinski definition) is 1. The van der Waals surface area contributed by atoms with E-state index in [0.29, 0.717) is 16.7 Å². The molecule has 3 aromatic rings. The van der Waals surface area contributed by atoms with E-state index in [0.717, 1.165) is 38.3 Å². The molecule has 0 aliphatic carbocycles. The van der Waals surface area contributed by atoms with Crippen LogP contribution in [0.5, 0.6) is 0 Å². The van der Waals surface area contributed by atoms with Crippen LogP contribution >= 0.6 is 0 Å². The lowest BCUT2D eigenvalue weighted by Gasteiger charge is -2.32. The van der Waals surface area contributed by atoms with Crippen molar-refractivity contribution in [3.8, 4) is 0 Å². The van der Waals surface area contributed by atoms with E-state index in [-0.39, 0.29) is 11.2 Å². The molecular formula is C22H23N3O3. The zero-order valence-electron chi connectivity index (χ0n) is 15.9. The van der Waals surface area contributed by atoms with Gasteiger partial charge in [-0.3, -0.25) is 14.5 Å². The summed E-state index contributed by atoms with van der Waals surface area (Å²) in [5, 5.41) is 3.30. The second-order valence-corrected chi connectivity index (χ2v) is 7.20. The zero-order valence-corrected chi connectivity index (χ0v) is 15.9. The first-order chi connectivity index (χ1) is 13.6. The molecule has 2 aromatic carbocycles. The van der Waals surface area contributed by atoms with Crippen molar-refractivity contribution >= 4 is 22.6 Å². The third-order valence-corrected chi connectivity index (χ3v) is 5.05. The van der Waals surface area contributed by atoms with Crippen LogP contribution in [0.3, 0.4) is 0 Å². The van der Waals surface area contributed by atoms with E-state index in [1.54, 1.807) is 24.3 Å². The van der Waals surface area contributed by atoms with E-state index in [2.05, 4.69) is 28.2 Å². The summed E-state index contributed by atoms with van der Waals surface area (Å²) in [4.78, 5) is 29.5. The minimum absolute atomic E-state index is 0.00757. The quantitative estimate of drug-likeness (QED) is 0.757. The molecule has 1 amide bonds. The van der Waals surface area contributed by atoms with Crippen LogP contribution in [0.2, 0.25) is 0 Å². The van der Waals surface area contributed by atoms with Crippen molar-refractivity contribution < 1.29 is 9.21 Å². The van der Waals surface area contributed by atoms with Gasteiger partial charge in [0.15, 0.2) is 11.2 Å². The number of benzene rings is 2. The average molecular weight is 377 g/mol. The van der Waals surface area contributed by atoms with Crippen molar-refractivity contribution in [2.75, 3.05) is 38.5 Å². The van der Waals surface area contributed by atoms with Gasteiger partial charge < -0.3 is 14.6 Å². The summed E-state index contributed by atoms with van der Waals surface area (Å²) in [6.45, 7) is 5.06. The summed E-state index contributed by atoms with van der Waals surface area (Å²) in [6, 6.07) is 15.9. The third-order valence-electron chi connectivity index (χ3n) is 5.05. The summed E-state index contributed by atoms with van der Waals surface area (Å²) in [5.41, 5.74) is 2.01. The molecule has 1 aliphatic heterocycles. The Hall–Kier alpha value is -2.96. The van der Waals surface area contributed by atoms with Crippen LogP contribution in [0.15, 0.2) is 63.8 Å². The molecule has 1 fully saturated rings. The molecule has 144 valence electrons. The first kappa shape index (κ1) is 18.4. The minimum atomic E-state index is -0.431. The average Bonchev–Trinajstić information content (AvgIpc) is 2.70. The normalized spacial score (nSPS) is 15.6. The van der Waals surface area contributed by atoms with Gasteiger partial charge in [-0.15, -0.1) is 0 Å². The lowest BCUT2D eigenvalue weighted by atomic mass is 10.1. The standard InChI is InChI=1S/C22H23N3O3/c1-24-9-11-25(12-10-24)15-16-5-4-6-17(13-16)23-22(27)21-14-19(26)18-7-2-3-8-20(18)28-21/h2-8,13-14H,9-12,15H2,1H3,(H,23,27). The van der Waals surface area contributed by atoms with E-state index >= 15 is 0 Å². The van der Waals surface area contributed by atoms with Crippen molar-refractivity contribution in [1.82, 2.24) is 9.80 Å². The van der Waals surface area contributed by atoms with Gasteiger partial charge in [0.1, 0.15) is 5.58 Å². The van der Waals surface area contributed by atoms with Crippen LogP contribution in [0.25, 0.3) is 11.0 Å². The molecule has 0 radical (unpaired) electrons. The number of piperazine rings is 1. The van der Waals surface area contributed by atoms with E-state index in [9.17, 15) is 9.59 Å². The summed E-state index contributed by atoms with van der Waals surface area (Å²) in [6.07, 6.45) is 0. The molecule has 1 aliphatic rings.